The Balaban J connectivity index is 1.79. The van der Waals surface area contributed by atoms with Crippen molar-refractivity contribution in [3.63, 3.8) is 0 Å². The van der Waals surface area contributed by atoms with Crippen molar-refractivity contribution in [2.45, 2.75) is 51.9 Å². The largest absolute Gasteiger partial charge is 0.604 e. The second-order valence-electron chi connectivity index (χ2n) is 9.59. The van der Waals surface area contributed by atoms with Gasteiger partial charge in [0.1, 0.15) is 11.8 Å². The first kappa shape index (κ1) is 25.5. The Morgan fingerprint density at radius 3 is 2.61 bits per heavy atom. The van der Waals surface area contributed by atoms with Crippen molar-refractivity contribution >= 4 is 53.5 Å². The zero-order valence-electron chi connectivity index (χ0n) is 19.2. The number of hydrogen-bond donors (Lipinski definition) is 1. The van der Waals surface area contributed by atoms with Crippen molar-refractivity contribution in [2.24, 2.45) is 5.92 Å². The fourth-order valence-corrected chi connectivity index (χ4v) is 5.40. The van der Waals surface area contributed by atoms with E-state index in [1.807, 2.05) is 20.9 Å². The minimum Gasteiger partial charge on any atom is -0.604 e. The Labute approximate surface area is 203 Å². The quantitative estimate of drug-likeness (QED) is 0.551. The topological polar surface area (TPSA) is 98.8 Å². The Morgan fingerprint density at radius 1 is 1.24 bits per heavy atom. The second kappa shape index (κ2) is 9.64. The molecule has 1 aromatic rings. The van der Waals surface area contributed by atoms with Crippen LogP contribution in [-0.4, -0.2) is 60.9 Å². The van der Waals surface area contributed by atoms with E-state index in [9.17, 15) is 19.2 Å². The van der Waals surface area contributed by atoms with Crippen molar-refractivity contribution in [1.82, 2.24) is 5.32 Å². The van der Waals surface area contributed by atoms with E-state index in [1.165, 1.54) is 12.1 Å². The molecule has 180 valence electrons. The molecule has 2 aliphatic rings. The van der Waals surface area contributed by atoms with Gasteiger partial charge in [0.05, 0.1) is 30.1 Å². The van der Waals surface area contributed by atoms with Crippen LogP contribution in [0.5, 0.6) is 0 Å². The maximum atomic E-state index is 12.9. The number of quaternary nitrogens is 1. The summed E-state index contributed by atoms with van der Waals surface area (Å²) in [7, 11) is 1.85. The van der Waals surface area contributed by atoms with Gasteiger partial charge in [0.2, 0.25) is 0 Å². The van der Waals surface area contributed by atoms with E-state index in [-0.39, 0.29) is 46.1 Å². The number of likely N-dealkylation sites (N-methyl/N-ethyl adjacent to an activating group) is 1. The summed E-state index contributed by atoms with van der Waals surface area (Å²) >= 11 is 12.0. The fourth-order valence-electron chi connectivity index (χ4n) is 5.03. The lowest BCUT2D eigenvalue weighted by atomic mass is 9.50. The Bertz CT molecular complexity index is 986. The van der Waals surface area contributed by atoms with Crippen LogP contribution < -0.4 is 5.32 Å². The summed E-state index contributed by atoms with van der Waals surface area (Å²) in [4.78, 5) is 50.3. The lowest BCUT2D eigenvalue weighted by molar-refractivity contribution is -0.837. The lowest BCUT2D eigenvalue weighted by Crippen LogP contribution is -2.73. The zero-order valence-corrected chi connectivity index (χ0v) is 20.7. The van der Waals surface area contributed by atoms with Crippen molar-refractivity contribution in [1.29, 1.82) is 0 Å². The van der Waals surface area contributed by atoms with Gasteiger partial charge in [-0.05, 0) is 43.3 Å². The number of ketones is 1. The number of amides is 1. The number of fused-ring (bicyclic) bond motifs is 1. The van der Waals surface area contributed by atoms with E-state index in [1.54, 1.807) is 13.0 Å². The first-order valence-corrected chi connectivity index (χ1v) is 11.8. The molecule has 1 N–H and O–H groups in total. The van der Waals surface area contributed by atoms with Gasteiger partial charge in [-0.25, -0.2) is 4.79 Å². The maximum absolute atomic E-state index is 12.9. The SMILES string of the molecule is CC(C)C[C@H](CC(=O)CNC(=O)c1cc(Cl)ccc1Cl)[B-]12OC(=O)CC[N+]1(C)[C@H](C)C(=O)O2. The normalized spacial score (nSPS) is 27.5. The molecule has 1 aromatic carbocycles. The molecule has 8 nitrogen and oxygen atoms in total. The summed E-state index contributed by atoms with van der Waals surface area (Å²) < 4.78 is 11.8. The number of nitrogens with zero attached hydrogens (tertiary/aromatic N) is 1. The van der Waals surface area contributed by atoms with Crippen LogP contribution in [0, 0.1) is 5.92 Å². The lowest BCUT2D eigenvalue weighted by Gasteiger charge is -2.56. The zero-order chi connectivity index (χ0) is 24.6. The third kappa shape index (κ3) is 4.90. The molecule has 2 heterocycles. The molecule has 0 aromatic heterocycles. The number of hydrogen-bond acceptors (Lipinski definition) is 6. The van der Waals surface area contributed by atoms with Gasteiger partial charge >= 0.3 is 12.7 Å². The molecule has 1 amide bonds. The molecule has 0 spiro atoms. The first-order valence-electron chi connectivity index (χ1n) is 11.1. The predicted octanol–water partition coefficient (Wildman–Crippen LogP) is 3.38. The van der Waals surface area contributed by atoms with Crippen molar-refractivity contribution in [3.8, 4) is 0 Å². The van der Waals surface area contributed by atoms with Crippen LogP contribution in [0.3, 0.4) is 0 Å². The van der Waals surface area contributed by atoms with Gasteiger partial charge in [0, 0.05) is 12.1 Å². The van der Waals surface area contributed by atoms with Crippen molar-refractivity contribution < 1.29 is 32.9 Å². The van der Waals surface area contributed by atoms with Gasteiger partial charge in [-0.3, -0.25) is 14.4 Å². The highest BCUT2D eigenvalue weighted by Crippen LogP contribution is 2.47. The Hall–Kier alpha value is -2.10. The van der Waals surface area contributed by atoms with E-state index in [2.05, 4.69) is 5.32 Å². The molecule has 4 atom stereocenters. The average molecular weight is 499 g/mol. The van der Waals surface area contributed by atoms with Gasteiger partial charge in [-0.2, -0.15) is 0 Å². The van der Waals surface area contributed by atoms with Crippen LogP contribution in [0.1, 0.15) is 50.4 Å². The summed E-state index contributed by atoms with van der Waals surface area (Å²) in [5, 5.41) is 3.15. The van der Waals surface area contributed by atoms with Crippen molar-refractivity contribution in [3.05, 3.63) is 33.8 Å². The highest BCUT2D eigenvalue weighted by atomic mass is 35.5. The fraction of sp³-hybridized carbons (Fsp3) is 0.545. The summed E-state index contributed by atoms with van der Waals surface area (Å²) in [5.41, 5.74) is 0.169. The van der Waals surface area contributed by atoms with Gasteiger partial charge in [-0.15, -0.1) is 0 Å². The monoisotopic (exact) mass is 498 g/mol. The van der Waals surface area contributed by atoms with E-state index in [0.29, 0.717) is 18.0 Å². The molecular weight excluding hydrogens is 470 g/mol. The number of Topliss-reactive ketones (excluding diaryl/α,β-unsaturated/α-hetero) is 1. The van der Waals surface area contributed by atoms with Crippen molar-refractivity contribution in [2.75, 3.05) is 20.1 Å². The van der Waals surface area contributed by atoms with E-state index >= 15 is 0 Å². The van der Waals surface area contributed by atoms with E-state index in [0.717, 1.165) is 0 Å². The van der Waals surface area contributed by atoms with Crippen LogP contribution in [0.15, 0.2) is 18.2 Å². The Morgan fingerprint density at radius 2 is 1.94 bits per heavy atom. The second-order valence-corrected chi connectivity index (χ2v) is 10.4. The van der Waals surface area contributed by atoms with E-state index < -0.39 is 36.4 Å². The maximum Gasteiger partial charge on any atom is 0.587 e. The number of rotatable bonds is 8. The summed E-state index contributed by atoms with van der Waals surface area (Å²) in [5.74, 6) is -2.01. The molecule has 0 radical (unpaired) electrons. The molecule has 11 heteroatoms. The number of nitrogens with one attached hydrogen (secondary N) is 1. The third-order valence-electron chi connectivity index (χ3n) is 6.91. The molecule has 33 heavy (non-hydrogen) atoms. The van der Waals surface area contributed by atoms with Gasteiger partial charge in [0.25, 0.3) is 11.9 Å². The first-order chi connectivity index (χ1) is 15.4. The highest BCUT2D eigenvalue weighted by Gasteiger charge is 2.68. The number of benzene rings is 1. The molecule has 2 fully saturated rings. The van der Waals surface area contributed by atoms with Crippen LogP contribution in [0.4, 0.5) is 0 Å². The molecule has 2 saturated heterocycles. The van der Waals surface area contributed by atoms with Gasteiger partial charge in [-0.1, -0.05) is 43.5 Å². The third-order valence-corrected chi connectivity index (χ3v) is 7.47. The summed E-state index contributed by atoms with van der Waals surface area (Å²) in [6.07, 6.45) is 0.684. The molecule has 2 unspecified atom stereocenters. The average Bonchev–Trinajstić information content (AvgIpc) is 2.94. The molecule has 0 bridgehead atoms. The predicted molar refractivity (Wildman–Crippen MR) is 125 cm³/mol. The van der Waals surface area contributed by atoms with Gasteiger partial charge < -0.3 is 19.0 Å². The standard InChI is InChI=1S/C22H29BCl2N2O6/c1-13(2)9-15(23-27(4,8-7-20(29)32-23)14(3)22(31)33-23)10-17(28)12-26-21(30)18-11-16(24)5-6-19(18)25/h5-6,11,13-15H,7-10,12H2,1-4H3,(H,26,30)/t14-,15-,23?,27?/m1/s1. The van der Waals surface area contributed by atoms with Crippen LogP contribution in [-0.2, 0) is 23.7 Å². The van der Waals surface area contributed by atoms with Gasteiger partial charge in [0.15, 0.2) is 0 Å². The molecule has 0 aliphatic carbocycles. The molecule has 3 rings (SSSR count). The number of carbonyl (C=O) groups excluding carboxylic acids is 4. The summed E-state index contributed by atoms with van der Waals surface area (Å²) in [6, 6.07) is 3.99. The smallest absolute Gasteiger partial charge is 0.587 e. The minimum absolute atomic E-state index is 0.0111. The van der Waals surface area contributed by atoms with Crippen LogP contribution in [0.2, 0.25) is 15.9 Å². The molecule has 2 aliphatic heterocycles. The summed E-state index contributed by atoms with van der Waals surface area (Å²) in [6.45, 7) is 3.46. The number of carbonyl (C=O) groups is 4. The minimum atomic E-state index is -2.43. The highest BCUT2D eigenvalue weighted by molar-refractivity contribution is 6.67. The molecular formula is C22H29BCl2N2O6. The molecule has 0 saturated carbocycles. The van der Waals surface area contributed by atoms with E-state index in [4.69, 9.17) is 32.5 Å². The van der Waals surface area contributed by atoms with Crippen LogP contribution >= 0.6 is 23.2 Å². The Kier molecular flexibility index (Phi) is 7.46. The number of halogens is 2. The van der Waals surface area contributed by atoms with Crippen LogP contribution in [0.25, 0.3) is 0 Å².